The summed E-state index contributed by atoms with van der Waals surface area (Å²) in [6, 6.07) is 6.90. The molecule has 3 aromatic rings. The summed E-state index contributed by atoms with van der Waals surface area (Å²) in [4.78, 5) is 55.2. The van der Waals surface area contributed by atoms with Crippen LogP contribution in [0.3, 0.4) is 0 Å². The third kappa shape index (κ3) is 4.65. The van der Waals surface area contributed by atoms with Gasteiger partial charge in [0.25, 0.3) is 5.91 Å². The van der Waals surface area contributed by atoms with Crippen LogP contribution in [0.2, 0.25) is 0 Å². The first-order chi connectivity index (χ1) is 15.2. The number of hydrogen-bond acceptors (Lipinski definition) is 6. The molecule has 0 fully saturated rings. The molecule has 0 spiro atoms. The van der Waals surface area contributed by atoms with Crippen molar-refractivity contribution in [1.82, 2.24) is 25.2 Å². The van der Waals surface area contributed by atoms with E-state index < -0.39 is 29.5 Å². The number of aromatic nitrogens is 3. The van der Waals surface area contributed by atoms with Gasteiger partial charge < -0.3 is 15.7 Å². The summed E-state index contributed by atoms with van der Waals surface area (Å²) in [5, 5.41) is 23.3. The summed E-state index contributed by atoms with van der Waals surface area (Å²) < 4.78 is 1.18. The zero-order valence-corrected chi connectivity index (χ0v) is 17.3. The van der Waals surface area contributed by atoms with Crippen molar-refractivity contribution in [3.63, 3.8) is 0 Å². The molecule has 0 bridgehead atoms. The molecule has 164 valence electrons. The Morgan fingerprint density at radius 2 is 1.97 bits per heavy atom. The molecule has 0 aliphatic rings. The second kappa shape index (κ2) is 9.13. The van der Waals surface area contributed by atoms with E-state index in [1.165, 1.54) is 22.9 Å². The highest BCUT2D eigenvalue weighted by Gasteiger charge is 2.24. The molecule has 11 heteroatoms. The molecule has 0 radical (unpaired) electrons. The molecule has 0 unspecified atom stereocenters. The van der Waals surface area contributed by atoms with Crippen molar-refractivity contribution in [2.45, 2.75) is 26.4 Å². The van der Waals surface area contributed by atoms with Crippen molar-refractivity contribution >= 4 is 28.9 Å². The van der Waals surface area contributed by atoms with Crippen molar-refractivity contribution in [2.24, 2.45) is 0 Å². The van der Waals surface area contributed by atoms with Gasteiger partial charge in [-0.05, 0) is 49.2 Å². The number of carbonyl (C=O) groups excluding carboxylic acids is 2. The fourth-order valence-electron chi connectivity index (χ4n) is 3.38. The van der Waals surface area contributed by atoms with Gasteiger partial charge in [0.1, 0.15) is 12.6 Å². The first-order valence-electron chi connectivity index (χ1n) is 9.56. The van der Waals surface area contributed by atoms with Gasteiger partial charge in [-0.25, -0.2) is 14.6 Å². The summed E-state index contributed by atoms with van der Waals surface area (Å²) in [5.41, 5.74) is 1.94. The van der Waals surface area contributed by atoms with Crippen LogP contribution in [0.4, 0.5) is 0 Å². The molecule has 32 heavy (non-hydrogen) atoms. The number of amides is 2. The van der Waals surface area contributed by atoms with E-state index in [1.54, 1.807) is 26.0 Å². The monoisotopic (exact) mass is 436 g/mol. The van der Waals surface area contributed by atoms with Gasteiger partial charge in [-0.2, -0.15) is 5.26 Å². The number of H-pyrrole nitrogens is 1. The lowest BCUT2D eigenvalue weighted by molar-refractivity contribution is -0.139. The third-order valence-electron chi connectivity index (χ3n) is 4.85. The second-order valence-electron chi connectivity index (χ2n) is 7.15. The SMILES string of the molecule is Cc1cc(C#N)cc(C)c1C(=O)N[C@@H](CNC(=O)Cn1c(=O)[nH]c2ncccc21)C(=O)O. The van der Waals surface area contributed by atoms with Crippen molar-refractivity contribution < 1.29 is 19.5 Å². The second-order valence-corrected chi connectivity index (χ2v) is 7.15. The number of carboxylic acid groups (broad SMARTS) is 1. The largest absolute Gasteiger partial charge is 0.480 e. The predicted molar refractivity (Wildman–Crippen MR) is 113 cm³/mol. The Hall–Kier alpha value is -4.46. The van der Waals surface area contributed by atoms with Gasteiger partial charge in [0.15, 0.2) is 5.65 Å². The molecular formula is C21H20N6O5. The highest BCUT2D eigenvalue weighted by Crippen LogP contribution is 2.16. The number of aryl methyl sites for hydroxylation is 2. The Bertz CT molecular complexity index is 1290. The molecule has 0 saturated carbocycles. The maximum Gasteiger partial charge on any atom is 0.328 e. The smallest absolute Gasteiger partial charge is 0.328 e. The number of imidazole rings is 1. The van der Waals surface area contributed by atoms with Gasteiger partial charge in [0.2, 0.25) is 5.91 Å². The van der Waals surface area contributed by atoms with E-state index in [9.17, 15) is 24.3 Å². The van der Waals surface area contributed by atoms with Crippen LogP contribution < -0.4 is 16.3 Å². The number of fused-ring (bicyclic) bond motifs is 1. The normalized spacial score (nSPS) is 11.5. The van der Waals surface area contributed by atoms with Crippen LogP contribution >= 0.6 is 0 Å². The van der Waals surface area contributed by atoms with E-state index in [2.05, 4.69) is 20.6 Å². The molecule has 2 heterocycles. The molecule has 0 aliphatic carbocycles. The number of hydrogen-bond donors (Lipinski definition) is 4. The van der Waals surface area contributed by atoms with Crippen LogP contribution in [0.1, 0.15) is 27.0 Å². The average molecular weight is 436 g/mol. The number of nitrogens with zero attached hydrogens (tertiary/aromatic N) is 3. The number of aliphatic carboxylic acids is 1. The third-order valence-corrected chi connectivity index (χ3v) is 4.85. The lowest BCUT2D eigenvalue weighted by atomic mass is 9.99. The van der Waals surface area contributed by atoms with Gasteiger partial charge in [-0.3, -0.25) is 19.1 Å². The Balaban J connectivity index is 1.68. The molecule has 1 aromatic carbocycles. The van der Waals surface area contributed by atoms with Crippen LogP contribution in [0, 0.1) is 25.2 Å². The minimum Gasteiger partial charge on any atom is -0.480 e. The van der Waals surface area contributed by atoms with E-state index in [1.807, 2.05) is 6.07 Å². The zero-order valence-electron chi connectivity index (χ0n) is 17.3. The fraction of sp³-hybridized carbons (Fsp3) is 0.238. The molecule has 0 saturated heterocycles. The Kier molecular flexibility index (Phi) is 6.34. The number of benzene rings is 1. The predicted octanol–water partition coefficient (Wildman–Crippen LogP) is 0.213. The average Bonchev–Trinajstić information content (AvgIpc) is 3.05. The summed E-state index contributed by atoms with van der Waals surface area (Å²) in [7, 11) is 0. The number of rotatable bonds is 7. The lowest BCUT2D eigenvalue weighted by Crippen LogP contribution is -2.49. The molecule has 11 nitrogen and oxygen atoms in total. The number of pyridine rings is 1. The van der Waals surface area contributed by atoms with Gasteiger partial charge in [0.05, 0.1) is 17.1 Å². The standard InChI is InChI=1S/C21H20N6O5/c1-11-6-13(8-22)7-12(2)17(11)19(29)25-14(20(30)31)9-24-16(28)10-27-15-4-3-5-23-18(15)26-21(27)32/h3-7,14H,9-10H2,1-2H3,(H,24,28)(H,25,29)(H,30,31)(H,23,26,32)/t14-/m0/s1. The van der Waals surface area contributed by atoms with Crippen LogP contribution in [-0.2, 0) is 16.1 Å². The Morgan fingerprint density at radius 1 is 1.28 bits per heavy atom. The molecule has 0 aliphatic heterocycles. The van der Waals surface area contributed by atoms with Crippen molar-refractivity contribution in [1.29, 1.82) is 5.26 Å². The van der Waals surface area contributed by atoms with Crippen LogP contribution in [0.15, 0.2) is 35.3 Å². The maximum absolute atomic E-state index is 12.7. The summed E-state index contributed by atoms with van der Waals surface area (Å²) >= 11 is 0. The summed E-state index contributed by atoms with van der Waals surface area (Å²) in [5.74, 6) is -2.58. The lowest BCUT2D eigenvalue weighted by Gasteiger charge is -2.17. The molecule has 2 aromatic heterocycles. The van der Waals surface area contributed by atoms with Crippen molar-refractivity contribution in [2.75, 3.05) is 6.54 Å². The first-order valence-corrected chi connectivity index (χ1v) is 9.56. The molecule has 4 N–H and O–H groups in total. The van der Waals surface area contributed by atoms with Crippen molar-refractivity contribution in [3.05, 3.63) is 63.2 Å². The van der Waals surface area contributed by atoms with Crippen molar-refractivity contribution in [3.8, 4) is 6.07 Å². The number of carbonyl (C=O) groups is 3. The number of carboxylic acids is 1. The van der Waals surface area contributed by atoms with E-state index in [0.717, 1.165) is 0 Å². The highest BCUT2D eigenvalue weighted by molar-refractivity contribution is 5.99. The van der Waals surface area contributed by atoms with Crippen LogP contribution in [0.25, 0.3) is 11.2 Å². The Morgan fingerprint density at radius 3 is 2.59 bits per heavy atom. The first kappa shape index (κ1) is 22.2. The quantitative estimate of drug-likeness (QED) is 0.410. The van der Waals surface area contributed by atoms with E-state index >= 15 is 0 Å². The molecule has 2 amide bonds. The minimum atomic E-state index is -1.40. The number of nitriles is 1. The van der Waals surface area contributed by atoms with E-state index in [0.29, 0.717) is 27.9 Å². The number of aromatic amines is 1. The minimum absolute atomic E-state index is 0.263. The topological polar surface area (TPSA) is 170 Å². The van der Waals surface area contributed by atoms with E-state index in [4.69, 9.17) is 5.26 Å². The van der Waals surface area contributed by atoms with E-state index in [-0.39, 0.29) is 18.7 Å². The van der Waals surface area contributed by atoms with Gasteiger partial charge in [0, 0.05) is 18.3 Å². The van der Waals surface area contributed by atoms with Gasteiger partial charge >= 0.3 is 11.7 Å². The van der Waals surface area contributed by atoms with Gasteiger partial charge in [-0.15, -0.1) is 0 Å². The highest BCUT2D eigenvalue weighted by atomic mass is 16.4. The molecule has 1 atom stereocenters. The Labute approximate surface area is 181 Å². The summed E-state index contributed by atoms with van der Waals surface area (Å²) in [6.07, 6.45) is 1.50. The number of nitrogens with one attached hydrogen (secondary N) is 3. The maximum atomic E-state index is 12.7. The molecule has 3 rings (SSSR count). The summed E-state index contributed by atoms with van der Waals surface area (Å²) in [6.45, 7) is 2.56. The van der Waals surface area contributed by atoms with Gasteiger partial charge in [-0.1, -0.05) is 0 Å². The fourth-order valence-corrected chi connectivity index (χ4v) is 3.38. The van der Waals surface area contributed by atoms with Crippen LogP contribution in [0.5, 0.6) is 0 Å². The van der Waals surface area contributed by atoms with Crippen LogP contribution in [-0.4, -0.2) is 50.0 Å². The zero-order chi connectivity index (χ0) is 23.4. The molecular weight excluding hydrogens is 416 g/mol.